The molecular formula is C22H40N2O. The number of piperidine rings is 1. The van der Waals surface area contributed by atoms with Crippen molar-refractivity contribution >= 4 is 5.91 Å². The van der Waals surface area contributed by atoms with E-state index in [0.717, 1.165) is 31.1 Å². The molecule has 144 valence electrons. The highest BCUT2D eigenvalue weighted by molar-refractivity contribution is 5.78. The second kappa shape index (κ2) is 7.98. The average molecular weight is 349 g/mol. The summed E-state index contributed by atoms with van der Waals surface area (Å²) in [6.45, 7) is 8.46. The van der Waals surface area contributed by atoms with Gasteiger partial charge in [0.2, 0.25) is 5.91 Å². The Balaban J connectivity index is 1.46. The molecular weight excluding hydrogens is 308 g/mol. The molecule has 1 aliphatic heterocycles. The lowest BCUT2D eigenvalue weighted by Gasteiger charge is -2.49. The van der Waals surface area contributed by atoms with Crippen LogP contribution in [0, 0.1) is 17.3 Å². The van der Waals surface area contributed by atoms with Crippen LogP contribution in [0.1, 0.15) is 85.0 Å². The van der Waals surface area contributed by atoms with Crippen molar-refractivity contribution in [1.82, 2.24) is 9.80 Å². The molecule has 0 unspecified atom stereocenters. The predicted molar refractivity (Wildman–Crippen MR) is 105 cm³/mol. The van der Waals surface area contributed by atoms with Crippen LogP contribution in [-0.2, 0) is 4.79 Å². The highest BCUT2D eigenvalue weighted by Crippen LogP contribution is 2.46. The number of hydrogen-bond acceptors (Lipinski definition) is 2. The Labute approximate surface area is 155 Å². The molecule has 2 saturated carbocycles. The summed E-state index contributed by atoms with van der Waals surface area (Å²) in [5.41, 5.74) is 0.548. The SMILES string of the molecule is CC1CCC(N(C)C2CCC3(CC2)CCN(C(=O)C(C)C)CC3)CC1. The Hall–Kier alpha value is -0.570. The van der Waals surface area contributed by atoms with E-state index in [1.54, 1.807) is 0 Å². The number of likely N-dealkylation sites (tertiary alicyclic amines) is 1. The van der Waals surface area contributed by atoms with Gasteiger partial charge in [0, 0.05) is 31.1 Å². The number of nitrogens with zero attached hydrogens (tertiary/aromatic N) is 2. The first-order valence-electron chi connectivity index (χ1n) is 10.9. The van der Waals surface area contributed by atoms with Crippen molar-refractivity contribution < 1.29 is 4.79 Å². The molecule has 3 rings (SSSR count). The Morgan fingerprint density at radius 1 is 0.920 bits per heavy atom. The maximum absolute atomic E-state index is 12.2. The molecule has 3 fully saturated rings. The average Bonchev–Trinajstić information content (AvgIpc) is 2.62. The van der Waals surface area contributed by atoms with Gasteiger partial charge in [0.05, 0.1) is 0 Å². The topological polar surface area (TPSA) is 23.6 Å². The highest BCUT2D eigenvalue weighted by atomic mass is 16.2. The maximum atomic E-state index is 12.2. The standard InChI is InChI=1S/C22H40N2O/c1-17(2)21(25)24-15-13-22(14-16-24)11-9-20(10-12-22)23(4)19-7-5-18(3)6-8-19/h17-20H,5-16H2,1-4H3. The van der Waals surface area contributed by atoms with Crippen molar-refractivity contribution in [2.75, 3.05) is 20.1 Å². The van der Waals surface area contributed by atoms with E-state index in [1.807, 2.05) is 13.8 Å². The van der Waals surface area contributed by atoms with E-state index in [-0.39, 0.29) is 5.92 Å². The number of amides is 1. The van der Waals surface area contributed by atoms with Crippen LogP contribution in [0.3, 0.4) is 0 Å². The summed E-state index contributed by atoms with van der Waals surface area (Å²) in [5.74, 6) is 1.45. The fourth-order valence-corrected chi connectivity index (χ4v) is 5.64. The zero-order valence-corrected chi connectivity index (χ0v) is 17.1. The van der Waals surface area contributed by atoms with Gasteiger partial charge in [0.15, 0.2) is 0 Å². The van der Waals surface area contributed by atoms with Crippen molar-refractivity contribution in [2.45, 2.75) is 97.1 Å². The molecule has 0 atom stereocenters. The zero-order valence-electron chi connectivity index (χ0n) is 17.1. The van der Waals surface area contributed by atoms with Crippen LogP contribution in [0.4, 0.5) is 0 Å². The number of rotatable bonds is 3. The van der Waals surface area contributed by atoms with Gasteiger partial charge in [-0.15, -0.1) is 0 Å². The third-order valence-electron chi connectivity index (χ3n) is 7.78. The van der Waals surface area contributed by atoms with Crippen LogP contribution in [0.5, 0.6) is 0 Å². The molecule has 2 aliphatic carbocycles. The third kappa shape index (κ3) is 4.40. The summed E-state index contributed by atoms with van der Waals surface area (Å²) in [4.78, 5) is 17.1. The molecule has 0 radical (unpaired) electrons. The molecule has 3 aliphatic rings. The monoisotopic (exact) mass is 348 g/mol. The van der Waals surface area contributed by atoms with Crippen LogP contribution in [0.25, 0.3) is 0 Å². The van der Waals surface area contributed by atoms with Gasteiger partial charge in [-0.05, 0) is 82.6 Å². The van der Waals surface area contributed by atoms with E-state index in [0.29, 0.717) is 11.3 Å². The second-order valence-corrected chi connectivity index (χ2v) is 9.79. The normalized spacial score (nSPS) is 31.0. The van der Waals surface area contributed by atoms with E-state index in [9.17, 15) is 4.79 Å². The van der Waals surface area contributed by atoms with Crippen LogP contribution >= 0.6 is 0 Å². The molecule has 1 heterocycles. The van der Waals surface area contributed by atoms with Crippen molar-refractivity contribution in [3.8, 4) is 0 Å². The Bertz CT molecular complexity index is 435. The van der Waals surface area contributed by atoms with E-state index >= 15 is 0 Å². The summed E-state index contributed by atoms with van der Waals surface area (Å²) >= 11 is 0. The van der Waals surface area contributed by atoms with Crippen LogP contribution < -0.4 is 0 Å². The lowest BCUT2D eigenvalue weighted by Crippen LogP contribution is -2.49. The lowest BCUT2D eigenvalue weighted by atomic mass is 9.66. The fraction of sp³-hybridized carbons (Fsp3) is 0.955. The van der Waals surface area contributed by atoms with E-state index in [2.05, 4.69) is 23.8 Å². The fourth-order valence-electron chi connectivity index (χ4n) is 5.64. The van der Waals surface area contributed by atoms with Gasteiger partial charge < -0.3 is 9.80 Å². The van der Waals surface area contributed by atoms with Crippen LogP contribution in [0.2, 0.25) is 0 Å². The minimum atomic E-state index is 0.150. The molecule has 25 heavy (non-hydrogen) atoms. The first-order chi connectivity index (χ1) is 11.9. The van der Waals surface area contributed by atoms with Gasteiger partial charge in [0.1, 0.15) is 0 Å². The van der Waals surface area contributed by atoms with Crippen LogP contribution in [-0.4, -0.2) is 47.9 Å². The van der Waals surface area contributed by atoms with Gasteiger partial charge in [-0.25, -0.2) is 0 Å². The third-order valence-corrected chi connectivity index (χ3v) is 7.78. The minimum absolute atomic E-state index is 0.150. The largest absolute Gasteiger partial charge is 0.342 e. The summed E-state index contributed by atoms with van der Waals surface area (Å²) in [7, 11) is 2.40. The van der Waals surface area contributed by atoms with Crippen LogP contribution in [0.15, 0.2) is 0 Å². The second-order valence-electron chi connectivity index (χ2n) is 9.79. The quantitative estimate of drug-likeness (QED) is 0.738. The van der Waals surface area contributed by atoms with E-state index < -0.39 is 0 Å². The summed E-state index contributed by atoms with van der Waals surface area (Å²) in [5, 5.41) is 0. The molecule has 0 bridgehead atoms. The highest BCUT2D eigenvalue weighted by Gasteiger charge is 2.40. The van der Waals surface area contributed by atoms with Crippen molar-refractivity contribution in [2.24, 2.45) is 17.3 Å². The first kappa shape index (κ1) is 19.2. The molecule has 0 N–H and O–H groups in total. The van der Waals surface area contributed by atoms with Gasteiger partial charge >= 0.3 is 0 Å². The minimum Gasteiger partial charge on any atom is -0.342 e. The van der Waals surface area contributed by atoms with Crippen molar-refractivity contribution in [3.63, 3.8) is 0 Å². The zero-order chi connectivity index (χ0) is 18.0. The summed E-state index contributed by atoms with van der Waals surface area (Å²) in [6, 6.07) is 1.64. The van der Waals surface area contributed by atoms with Gasteiger partial charge in [-0.2, -0.15) is 0 Å². The number of carbonyl (C=O) groups excluding carboxylic acids is 1. The van der Waals surface area contributed by atoms with Gasteiger partial charge in [-0.3, -0.25) is 4.79 Å². The first-order valence-corrected chi connectivity index (χ1v) is 10.9. The number of carbonyl (C=O) groups is 1. The van der Waals surface area contributed by atoms with E-state index in [1.165, 1.54) is 64.2 Å². The molecule has 0 aromatic heterocycles. The Morgan fingerprint density at radius 3 is 1.96 bits per heavy atom. The summed E-state index contributed by atoms with van der Waals surface area (Å²) < 4.78 is 0. The molecule has 0 aromatic carbocycles. The Kier molecular flexibility index (Phi) is 6.13. The van der Waals surface area contributed by atoms with Gasteiger partial charge in [-0.1, -0.05) is 20.8 Å². The van der Waals surface area contributed by atoms with Crippen molar-refractivity contribution in [1.29, 1.82) is 0 Å². The molecule has 1 spiro atoms. The van der Waals surface area contributed by atoms with Gasteiger partial charge in [0.25, 0.3) is 0 Å². The van der Waals surface area contributed by atoms with E-state index in [4.69, 9.17) is 0 Å². The molecule has 3 nitrogen and oxygen atoms in total. The molecule has 0 aromatic rings. The molecule has 1 saturated heterocycles. The molecule has 3 heteroatoms. The smallest absolute Gasteiger partial charge is 0.225 e. The maximum Gasteiger partial charge on any atom is 0.225 e. The Morgan fingerprint density at radius 2 is 1.44 bits per heavy atom. The predicted octanol–water partition coefficient (Wildman–Crippen LogP) is 4.70. The lowest BCUT2D eigenvalue weighted by molar-refractivity contribution is -0.137. The van der Waals surface area contributed by atoms with Crippen molar-refractivity contribution in [3.05, 3.63) is 0 Å². The number of hydrogen-bond donors (Lipinski definition) is 0. The molecule has 1 amide bonds. The summed E-state index contributed by atoms with van der Waals surface area (Å²) in [6.07, 6.45) is 13.7.